The number of fused-ring (bicyclic) bond motifs is 1. The van der Waals surface area contributed by atoms with Gasteiger partial charge in [-0.1, -0.05) is 18.2 Å². The fraction of sp³-hybridized carbons (Fsp3) is 0.278. The van der Waals surface area contributed by atoms with Crippen LogP contribution in [0.25, 0.3) is 0 Å². The summed E-state index contributed by atoms with van der Waals surface area (Å²) in [6.07, 6.45) is 0.712. The maximum atomic E-state index is 13.2. The van der Waals surface area contributed by atoms with Crippen molar-refractivity contribution >= 4 is 21.6 Å². The number of halogens is 2. The van der Waals surface area contributed by atoms with E-state index in [9.17, 15) is 22.0 Å². The Balaban J connectivity index is 1.64. The smallest absolute Gasteiger partial charge is 0.240 e. The summed E-state index contributed by atoms with van der Waals surface area (Å²) in [5, 5.41) is 0. The monoisotopic (exact) mass is 380 g/mol. The van der Waals surface area contributed by atoms with Crippen LogP contribution in [-0.2, 0) is 21.2 Å². The van der Waals surface area contributed by atoms with E-state index in [1.165, 1.54) is 0 Å². The highest BCUT2D eigenvalue weighted by molar-refractivity contribution is 7.89. The van der Waals surface area contributed by atoms with Gasteiger partial charge in [0.1, 0.15) is 0 Å². The molecule has 0 aliphatic carbocycles. The molecule has 0 bridgehead atoms. The molecule has 2 aromatic rings. The first-order valence-electron chi connectivity index (χ1n) is 8.14. The maximum Gasteiger partial charge on any atom is 0.240 e. The molecule has 2 aromatic carbocycles. The molecule has 1 heterocycles. The zero-order chi connectivity index (χ0) is 18.9. The second-order valence-corrected chi connectivity index (χ2v) is 7.94. The minimum Gasteiger partial charge on any atom is -0.309 e. The van der Waals surface area contributed by atoms with E-state index in [2.05, 4.69) is 4.72 Å². The van der Waals surface area contributed by atoms with E-state index >= 15 is 0 Å². The number of carbonyl (C=O) groups excluding carboxylic acids is 1. The molecule has 0 fully saturated rings. The van der Waals surface area contributed by atoms with Crippen molar-refractivity contribution in [2.24, 2.45) is 0 Å². The molecule has 5 nitrogen and oxygen atoms in total. The van der Waals surface area contributed by atoms with E-state index < -0.39 is 21.7 Å². The van der Waals surface area contributed by atoms with Crippen molar-refractivity contribution in [3.05, 3.63) is 59.7 Å². The predicted molar refractivity (Wildman–Crippen MR) is 93.3 cm³/mol. The van der Waals surface area contributed by atoms with Crippen LogP contribution in [0.3, 0.4) is 0 Å². The van der Waals surface area contributed by atoms with Crippen LogP contribution in [0, 0.1) is 11.6 Å². The van der Waals surface area contributed by atoms with Crippen LogP contribution in [0.5, 0.6) is 0 Å². The average molecular weight is 380 g/mol. The molecule has 26 heavy (non-hydrogen) atoms. The summed E-state index contributed by atoms with van der Waals surface area (Å²) in [6, 6.07) is 9.92. The average Bonchev–Trinajstić information content (AvgIpc) is 2.92. The van der Waals surface area contributed by atoms with Gasteiger partial charge in [-0.05, 0) is 43.2 Å². The number of hydrogen-bond acceptors (Lipinski definition) is 3. The van der Waals surface area contributed by atoms with E-state index in [0.717, 1.165) is 29.8 Å². The summed E-state index contributed by atoms with van der Waals surface area (Å²) < 4.78 is 52.7. The van der Waals surface area contributed by atoms with Crippen molar-refractivity contribution in [2.45, 2.75) is 30.7 Å². The standard InChI is InChI=1S/C18H18F2N2O3S/c1-12-10-13-4-2-3-5-17(13)22(12)18(23)8-9-21-26(24,25)14-6-7-15(19)16(20)11-14/h2-7,11-12,21H,8-10H2,1H3. The van der Waals surface area contributed by atoms with Gasteiger partial charge in [-0.3, -0.25) is 4.79 Å². The fourth-order valence-corrected chi connectivity index (χ4v) is 4.13. The van der Waals surface area contributed by atoms with Crippen molar-refractivity contribution in [1.29, 1.82) is 0 Å². The number of nitrogens with zero attached hydrogens (tertiary/aromatic N) is 1. The molecule has 8 heteroatoms. The lowest BCUT2D eigenvalue weighted by Gasteiger charge is -2.22. The van der Waals surface area contributed by atoms with Crippen LogP contribution >= 0.6 is 0 Å². The second kappa shape index (κ2) is 7.13. The molecule has 0 spiro atoms. The van der Waals surface area contributed by atoms with Gasteiger partial charge in [0.15, 0.2) is 11.6 Å². The van der Waals surface area contributed by atoms with Crippen molar-refractivity contribution in [3.8, 4) is 0 Å². The highest BCUT2D eigenvalue weighted by Gasteiger charge is 2.30. The summed E-state index contributed by atoms with van der Waals surface area (Å²) in [4.78, 5) is 13.8. The SMILES string of the molecule is CC1Cc2ccccc2N1C(=O)CCNS(=O)(=O)c1ccc(F)c(F)c1. The first kappa shape index (κ1) is 18.5. The minimum absolute atomic E-state index is 0.00250. The van der Waals surface area contributed by atoms with Crippen LogP contribution in [0.15, 0.2) is 47.4 Å². The molecule has 138 valence electrons. The van der Waals surface area contributed by atoms with Crippen molar-refractivity contribution < 1.29 is 22.0 Å². The van der Waals surface area contributed by atoms with Gasteiger partial charge in [0.25, 0.3) is 0 Å². The van der Waals surface area contributed by atoms with Crippen LogP contribution in [0.2, 0.25) is 0 Å². The molecule has 1 unspecified atom stereocenters. The molecular weight excluding hydrogens is 362 g/mol. The lowest BCUT2D eigenvalue weighted by molar-refractivity contribution is -0.118. The Labute approximate surface area is 150 Å². The van der Waals surface area contributed by atoms with Gasteiger partial charge in [0, 0.05) is 24.7 Å². The van der Waals surface area contributed by atoms with E-state index in [0.29, 0.717) is 6.07 Å². The minimum atomic E-state index is -4.02. The molecule has 3 rings (SSSR count). The first-order valence-corrected chi connectivity index (χ1v) is 9.62. The third kappa shape index (κ3) is 3.61. The number of nitrogens with one attached hydrogen (secondary N) is 1. The fourth-order valence-electron chi connectivity index (χ4n) is 3.09. The van der Waals surface area contributed by atoms with Gasteiger partial charge in [-0.2, -0.15) is 0 Å². The molecule has 0 saturated heterocycles. The number of amides is 1. The third-order valence-corrected chi connectivity index (χ3v) is 5.77. The molecule has 1 amide bonds. The van der Waals surface area contributed by atoms with Crippen LogP contribution < -0.4 is 9.62 Å². The number of carbonyl (C=O) groups is 1. The molecule has 1 aliphatic heterocycles. The van der Waals surface area contributed by atoms with Crippen LogP contribution in [-0.4, -0.2) is 26.9 Å². The highest BCUT2D eigenvalue weighted by Crippen LogP contribution is 2.32. The van der Waals surface area contributed by atoms with Crippen molar-refractivity contribution in [2.75, 3.05) is 11.4 Å². The summed E-state index contributed by atoms with van der Waals surface area (Å²) in [7, 11) is -4.02. The Kier molecular flexibility index (Phi) is 5.06. The Morgan fingerprint density at radius 3 is 2.65 bits per heavy atom. The zero-order valence-corrected chi connectivity index (χ0v) is 14.9. The number of rotatable bonds is 5. The Hall–Kier alpha value is -2.32. The normalized spacial score (nSPS) is 16.6. The highest BCUT2D eigenvalue weighted by atomic mass is 32.2. The molecule has 1 aliphatic rings. The van der Waals surface area contributed by atoms with Crippen LogP contribution in [0.1, 0.15) is 18.9 Å². The largest absolute Gasteiger partial charge is 0.309 e. The van der Waals surface area contributed by atoms with E-state index in [-0.39, 0.29) is 29.8 Å². The Bertz CT molecular complexity index is 947. The molecule has 1 atom stereocenters. The number of para-hydroxylation sites is 1. The molecular formula is C18H18F2N2O3S. The van der Waals surface area contributed by atoms with Crippen molar-refractivity contribution in [1.82, 2.24) is 4.72 Å². The van der Waals surface area contributed by atoms with E-state index in [1.54, 1.807) is 4.90 Å². The summed E-state index contributed by atoms with van der Waals surface area (Å²) in [5.74, 6) is -2.57. The number of benzene rings is 2. The number of anilines is 1. The molecule has 1 N–H and O–H groups in total. The van der Waals surface area contributed by atoms with E-state index in [1.807, 2.05) is 31.2 Å². The molecule has 0 radical (unpaired) electrons. The maximum absolute atomic E-state index is 13.2. The second-order valence-electron chi connectivity index (χ2n) is 6.17. The van der Waals surface area contributed by atoms with Gasteiger partial charge in [0.05, 0.1) is 4.90 Å². The molecule has 0 saturated carbocycles. The van der Waals surface area contributed by atoms with Crippen molar-refractivity contribution in [3.63, 3.8) is 0 Å². The third-order valence-electron chi connectivity index (χ3n) is 4.31. The topological polar surface area (TPSA) is 66.5 Å². The van der Waals surface area contributed by atoms with Crippen LogP contribution in [0.4, 0.5) is 14.5 Å². The Morgan fingerprint density at radius 2 is 1.92 bits per heavy atom. The van der Waals surface area contributed by atoms with Gasteiger partial charge in [-0.25, -0.2) is 21.9 Å². The van der Waals surface area contributed by atoms with Gasteiger partial charge < -0.3 is 4.90 Å². The number of sulfonamides is 1. The lowest BCUT2D eigenvalue weighted by atomic mass is 10.1. The first-order chi connectivity index (χ1) is 12.3. The lowest BCUT2D eigenvalue weighted by Crippen LogP contribution is -2.38. The predicted octanol–water partition coefficient (Wildman–Crippen LogP) is 2.61. The Morgan fingerprint density at radius 1 is 1.19 bits per heavy atom. The zero-order valence-electron chi connectivity index (χ0n) is 14.1. The molecule has 0 aromatic heterocycles. The summed E-state index contributed by atoms with van der Waals surface area (Å²) in [5.41, 5.74) is 1.92. The summed E-state index contributed by atoms with van der Waals surface area (Å²) >= 11 is 0. The quantitative estimate of drug-likeness (QED) is 0.867. The van der Waals surface area contributed by atoms with Gasteiger partial charge in [0.2, 0.25) is 15.9 Å². The number of hydrogen-bond donors (Lipinski definition) is 1. The van der Waals surface area contributed by atoms with Gasteiger partial charge >= 0.3 is 0 Å². The van der Waals surface area contributed by atoms with E-state index in [4.69, 9.17) is 0 Å². The van der Waals surface area contributed by atoms with Gasteiger partial charge in [-0.15, -0.1) is 0 Å². The summed E-state index contributed by atoms with van der Waals surface area (Å²) in [6.45, 7) is 1.80.